The number of hydrogen-bond acceptors (Lipinski definition) is 6. The van der Waals surface area contributed by atoms with Gasteiger partial charge < -0.3 is 10.6 Å². The SMILES string of the molecule is CS(=O)(=O)NC1CCCN(CC(=O)Nc2ccc(NC(=O)c3cccs3)cc2)C1. The van der Waals surface area contributed by atoms with Crippen LogP contribution in [0, 0.1) is 0 Å². The molecular weight excluding hydrogens is 412 g/mol. The summed E-state index contributed by atoms with van der Waals surface area (Å²) in [6, 6.07) is 10.3. The molecule has 0 aliphatic carbocycles. The van der Waals surface area contributed by atoms with Crippen LogP contribution in [0.1, 0.15) is 22.5 Å². The lowest BCUT2D eigenvalue weighted by atomic mass is 10.1. The molecule has 2 amide bonds. The van der Waals surface area contributed by atoms with Crippen LogP contribution in [0.15, 0.2) is 41.8 Å². The van der Waals surface area contributed by atoms with E-state index in [9.17, 15) is 18.0 Å². The molecule has 1 aromatic carbocycles. The fraction of sp³-hybridized carbons (Fsp3) is 0.368. The summed E-state index contributed by atoms with van der Waals surface area (Å²) >= 11 is 1.37. The van der Waals surface area contributed by atoms with Crippen LogP contribution >= 0.6 is 11.3 Å². The van der Waals surface area contributed by atoms with Crippen LogP contribution in [-0.4, -0.2) is 57.1 Å². The van der Waals surface area contributed by atoms with Crippen molar-refractivity contribution in [1.82, 2.24) is 9.62 Å². The number of piperidine rings is 1. The molecule has 8 nitrogen and oxygen atoms in total. The van der Waals surface area contributed by atoms with Crippen molar-refractivity contribution in [2.24, 2.45) is 0 Å². The maximum atomic E-state index is 12.3. The highest BCUT2D eigenvalue weighted by Crippen LogP contribution is 2.17. The third-order valence-corrected chi connectivity index (χ3v) is 6.06. The van der Waals surface area contributed by atoms with Gasteiger partial charge in [-0.25, -0.2) is 13.1 Å². The van der Waals surface area contributed by atoms with Crippen molar-refractivity contribution in [3.05, 3.63) is 46.7 Å². The Labute approximate surface area is 174 Å². The Kier molecular flexibility index (Phi) is 7.01. The van der Waals surface area contributed by atoms with Gasteiger partial charge in [0.2, 0.25) is 15.9 Å². The summed E-state index contributed by atoms with van der Waals surface area (Å²) in [5.41, 5.74) is 1.28. The van der Waals surface area contributed by atoms with Crippen molar-refractivity contribution in [3.63, 3.8) is 0 Å². The lowest BCUT2D eigenvalue weighted by Crippen LogP contribution is -2.49. The molecule has 1 aromatic heterocycles. The Morgan fingerprint density at radius 3 is 2.45 bits per heavy atom. The van der Waals surface area contributed by atoms with Crippen molar-refractivity contribution >= 4 is 44.5 Å². The first-order valence-electron chi connectivity index (χ1n) is 9.23. The van der Waals surface area contributed by atoms with Gasteiger partial charge in [-0.1, -0.05) is 6.07 Å². The number of sulfonamides is 1. The Hall–Kier alpha value is -2.27. The van der Waals surface area contributed by atoms with E-state index in [1.165, 1.54) is 11.3 Å². The van der Waals surface area contributed by atoms with E-state index in [1.54, 1.807) is 30.3 Å². The standard InChI is InChI=1S/C19H24N4O4S2/c1-29(26,27)22-16-4-2-10-23(12-16)13-18(24)20-14-6-8-15(9-7-14)21-19(25)17-5-3-11-28-17/h3,5-9,11,16,22H,2,4,10,12-13H2,1H3,(H,20,24)(H,21,25). The number of carbonyl (C=O) groups excluding carboxylic acids is 2. The van der Waals surface area contributed by atoms with Gasteiger partial charge in [0.25, 0.3) is 5.91 Å². The summed E-state index contributed by atoms with van der Waals surface area (Å²) in [6.45, 7) is 1.45. The number of amides is 2. The maximum Gasteiger partial charge on any atom is 0.265 e. The molecule has 10 heteroatoms. The molecule has 29 heavy (non-hydrogen) atoms. The number of benzene rings is 1. The van der Waals surface area contributed by atoms with Crippen LogP contribution < -0.4 is 15.4 Å². The Morgan fingerprint density at radius 1 is 1.14 bits per heavy atom. The van der Waals surface area contributed by atoms with Gasteiger partial charge in [-0.3, -0.25) is 14.5 Å². The van der Waals surface area contributed by atoms with Crippen molar-refractivity contribution in [3.8, 4) is 0 Å². The van der Waals surface area contributed by atoms with E-state index < -0.39 is 10.0 Å². The van der Waals surface area contributed by atoms with E-state index in [0.29, 0.717) is 22.8 Å². The minimum atomic E-state index is -3.26. The van der Waals surface area contributed by atoms with Crippen molar-refractivity contribution in [2.45, 2.75) is 18.9 Å². The lowest BCUT2D eigenvalue weighted by Gasteiger charge is -2.32. The van der Waals surface area contributed by atoms with Crippen LogP contribution in [0.3, 0.4) is 0 Å². The van der Waals surface area contributed by atoms with E-state index in [1.807, 2.05) is 16.3 Å². The average molecular weight is 437 g/mol. The highest BCUT2D eigenvalue weighted by molar-refractivity contribution is 7.88. The molecule has 1 unspecified atom stereocenters. The molecule has 3 N–H and O–H groups in total. The van der Waals surface area contributed by atoms with E-state index in [0.717, 1.165) is 25.6 Å². The quantitative estimate of drug-likeness (QED) is 0.615. The summed E-state index contributed by atoms with van der Waals surface area (Å²) in [7, 11) is -3.26. The Balaban J connectivity index is 1.48. The summed E-state index contributed by atoms with van der Waals surface area (Å²) in [4.78, 5) is 27.0. The summed E-state index contributed by atoms with van der Waals surface area (Å²) in [5, 5.41) is 7.48. The zero-order valence-electron chi connectivity index (χ0n) is 16.1. The van der Waals surface area contributed by atoms with Crippen LogP contribution in [0.25, 0.3) is 0 Å². The van der Waals surface area contributed by atoms with Crippen LogP contribution in [0.5, 0.6) is 0 Å². The van der Waals surface area contributed by atoms with Gasteiger partial charge in [0.15, 0.2) is 0 Å². The molecule has 0 bridgehead atoms. The molecule has 0 saturated carbocycles. The van der Waals surface area contributed by atoms with E-state index in [-0.39, 0.29) is 24.4 Å². The fourth-order valence-corrected chi connectivity index (χ4v) is 4.66. The normalized spacial score (nSPS) is 17.6. The highest BCUT2D eigenvalue weighted by Gasteiger charge is 2.23. The second-order valence-corrected chi connectivity index (χ2v) is 9.75. The first-order chi connectivity index (χ1) is 13.8. The number of carbonyl (C=O) groups is 2. The lowest BCUT2D eigenvalue weighted by molar-refractivity contribution is -0.117. The molecule has 3 rings (SSSR count). The number of anilines is 2. The smallest absolute Gasteiger partial charge is 0.265 e. The monoisotopic (exact) mass is 436 g/mol. The molecule has 1 aliphatic rings. The van der Waals surface area contributed by atoms with Crippen LogP contribution in [-0.2, 0) is 14.8 Å². The van der Waals surface area contributed by atoms with Gasteiger partial charge in [0.1, 0.15) is 0 Å². The minimum absolute atomic E-state index is 0.166. The van der Waals surface area contributed by atoms with Gasteiger partial charge in [0, 0.05) is 24.0 Å². The largest absolute Gasteiger partial charge is 0.325 e. The van der Waals surface area contributed by atoms with Gasteiger partial charge in [-0.05, 0) is 55.1 Å². The van der Waals surface area contributed by atoms with Crippen LogP contribution in [0.4, 0.5) is 11.4 Å². The minimum Gasteiger partial charge on any atom is -0.325 e. The van der Waals surface area contributed by atoms with E-state index in [4.69, 9.17) is 0 Å². The van der Waals surface area contributed by atoms with Crippen LogP contribution in [0.2, 0.25) is 0 Å². The zero-order valence-corrected chi connectivity index (χ0v) is 17.7. The third kappa shape index (κ3) is 6.93. The second-order valence-electron chi connectivity index (χ2n) is 7.02. The molecule has 156 valence electrons. The summed E-state index contributed by atoms with van der Waals surface area (Å²) in [6.07, 6.45) is 2.74. The summed E-state index contributed by atoms with van der Waals surface area (Å²) < 4.78 is 25.4. The second kappa shape index (κ2) is 9.49. The number of nitrogens with zero attached hydrogens (tertiary/aromatic N) is 1. The maximum absolute atomic E-state index is 12.3. The van der Waals surface area contributed by atoms with E-state index >= 15 is 0 Å². The fourth-order valence-electron chi connectivity index (χ4n) is 3.24. The number of nitrogens with one attached hydrogen (secondary N) is 3. The molecule has 1 saturated heterocycles. The van der Waals surface area contributed by atoms with Crippen molar-refractivity contribution in [1.29, 1.82) is 0 Å². The molecule has 1 fully saturated rings. The first-order valence-corrected chi connectivity index (χ1v) is 12.0. The zero-order chi connectivity index (χ0) is 20.9. The average Bonchev–Trinajstić information content (AvgIpc) is 3.17. The van der Waals surface area contributed by atoms with Gasteiger partial charge in [0.05, 0.1) is 17.7 Å². The topological polar surface area (TPSA) is 108 Å². The number of thiophene rings is 1. The molecule has 0 radical (unpaired) electrons. The summed E-state index contributed by atoms with van der Waals surface area (Å²) in [5.74, 6) is -0.334. The molecule has 1 atom stereocenters. The molecule has 0 spiro atoms. The molecule has 2 heterocycles. The van der Waals surface area contributed by atoms with Gasteiger partial charge >= 0.3 is 0 Å². The predicted octanol–water partition coefficient (Wildman–Crippen LogP) is 1.95. The van der Waals surface area contributed by atoms with E-state index in [2.05, 4.69) is 15.4 Å². The number of rotatable bonds is 7. The van der Waals surface area contributed by atoms with Crippen molar-refractivity contribution in [2.75, 3.05) is 36.5 Å². The molecular formula is C19H24N4O4S2. The highest BCUT2D eigenvalue weighted by atomic mass is 32.2. The van der Waals surface area contributed by atoms with Gasteiger partial charge in [-0.2, -0.15) is 0 Å². The molecule has 2 aromatic rings. The Morgan fingerprint density at radius 2 is 1.83 bits per heavy atom. The molecule has 1 aliphatic heterocycles. The Bertz CT molecular complexity index is 943. The first kappa shape index (κ1) is 21.4. The third-order valence-electron chi connectivity index (χ3n) is 4.42. The van der Waals surface area contributed by atoms with Gasteiger partial charge in [-0.15, -0.1) is 11.3 Å². The number of likely N-dealkylation sites (tertiary alicyclic amines) is 1. The number of hydrogen-bond donors (Lipinski definition) is 3. The predicted molar refractivity (Wildman–Crippen MR) is 115 cm³/mol. The van der Waals surface area contributed by atoms with Crippen molar-refractivity contribution < 1.29 is 18.0 Å².